The average molecular weight is 466 g/mol. The van der Waals surface area contributed by atoms with Crippen molar-refractivity contribution in [1.82, 2.24) is 15.0 Å². The van der Waals surface area contributed by atoms with Crippen LogP contribution in [0, 0.1) is 6.92 Å². The number of amides is 2. The molecule has 168 valence electrons. The first kappa shape index (κ1) is 20.9. The maximum atomic E-state index is 13.1. The molecule has 0 saturated carbocycles. The summed E-state index contributed by atoms with van der Waals surface area (Å²) in [5.74, 6) is 0.113. The third kappa shape index (κ3) is 3.87. The van der Waals surface area contributed by atoms with Crippen LogP contribution in [0.4, 0.5) is 5.13 Å². The van der Waals surface area contributed by atoms with Crippen LogP contribution in [0.1, 0.15) is 37.2 Å². The van der Waals surface area contributed by atoms with Crippen molar-refractivity contribution in [2.45, 2.75) is 19.9 Å². The predicted molar refractivity (Wildman–Crippen MR) is 119 cm³/mol. The lowest BCUT2D eigenvalue weighted by Crippen LogP contribution is -2.37. The van der Waals surface area contributed by atoms with Crippen molar-refractivity contribution in [2.75, 3.05) is 19.0 Å². The Kier molecular flexibility index (Phi) is 5.17. The highest BCUT2D eigenvalue weighted by Gasteiger charge is 2.28. The fourth-order valence-corrected chi connectivity index (χ4v) is 4.67. The third-order valence-electron chi connectivity index (χ3n) is 5.27. The number of nitrogens with zero attached hydrogens (tertiary/aromatic N) is 3. The zero-order chi connectivity index (χ0) is 23.1. The van der Waals surface area contributed by atoms with Crippen LogP contribution < -0.4 is 15.7 Å². The van der Waals surface area contributed by atoms with Gasteiger partial charge in [-0.25, -0.2) is 9.78 Å². The molecule has 0 spiro atoms. The lowest BCUT2D eigenvalue weighted by atomic mass is 10.1. The van der Waals surface area contributed by atoms with Crippen LogP contribution >= 0.6 is 11.3 Å². The molecule has 1 N–H and O–H groups in total. The number of carbonyl (C=O) groups is 2. The number of aromatic nitrogens is 2. The largest absolute Gasteiger partial charge is 0.493 e. The van der Waals surface area contributed by atoms with Crippen molar-refractivity contribution in [3.05, 3.63) is 68.3 Å². The lowest BCUT2D eigenvalue weighted by molar-refractivity contribution is 0.0732. The fraction of sp³-hybridized carbons (Fsp3) is 0.227. The van der Waals surface area contributed by atoms with Crippen LogP contribution in [0.2, 0.25) is 0 Å². The fourth-order valence-electron chi connectivity index (χ4n) is 3.65. The van der Waals surface area contributed by atoms with E-state index in [9.17, 15) is 14.4 Å². The zero-order valence-electron chi connectivity index (χ0n) is 17.7. The Labute approximate surface area is 190 Å². The average Bonchev–Trinajstić information content (AvgIpc) is 3.42. The Morgan fingerprint density at radius 2 is 2.12 bits per heavy atom. The predicted octanol–water partition coefficient (Wildman–Crippen LogP) is 3.01. The molecule has 2 amide bonds. The van der Waals surface area contributed by atoms with Crippen molar-refractivity contribution >= 4 is 39.3 Å². The first-order valence-electron chi connectivity index (χ1n) is 10.1. The second-order valence-electron chi connectivity index (χ2n) is 7.47. The summed E-state index contributed by atoms with van der Waals surface area (Å²) in [6, 6.07) is 8.26. The Balaban J connectivity index is 1.36. The number of anilines is 1. The summed E-state index contributed by atoms with van der Waals surface area (Å²) >= 11 is 1.28. The summed E-state index contributed by atoms with van der Waals surface area (Å²) in [6.45, 7) is 2.37. The molecule has 11 heteroatoms. The molecule has 4 aromatic rings. The molecule has 1 aliphatic heterocycles. The van der Waals surface area contributed by atoms with Gasteiger partial charge in [-0.1, -0.05) is 28.6 Å². The summed E-state index contributed by atoms with van der Waals surface area (Å²) in [4.78, 5) is 44.9. The Bertz CT molecular complexity index is 1450. The van der Waals surface area contributed by atoms with E-state index in [1.807, 2.05) is 0 Å². The summed E-state index contributed by atoms with van der Waals surface area (Å²) in [5, 5.41) is 7.42. The molecule has 4 heterocycles. The normalized spacial score (nSPS) is 13.1. The molecule has 0 radical (unpaired) electrons. The molecule has 0 unspecified atom stereocenters. The molecule has 1 aromatic carbocycles. The number of carbonyl (C=O) groups excluding carboxylic acids is 2. The van der Waals surface area contributed by atoms with Gasteiger partial charge in [-0.2, -0.15) is 0 Å². The molecular weight excluding hydrogens is 448 g/mol. The van der Waals surface area contributed by atoms with Gasteiger partial charge in [-0.15, -0.1) is 0 Å². The molecular formula is C22H18N4O6S. The van der Waals surface area contributed by atoms with Crippen LogP contribution in [0.15, 0.2) is 44.1 Å². The van der Waals surface area contributed by atoms with E-state index in [1.165, 1.54) is 30.6 Å². The van der Waals surface area contributed by atoms with Crippen molar-refractivity contribution < 1.29 is 23.3 Å². The van der Waals surface area contributed by atoms with E-state index < -0.39 is 17.4 Å². The first-order chi connectivity index (χ1) is 15.9. The number of ether oxygens (including phenoxy) is 1. The number of rotatable bonds is 4. The van der Waals surface area contributed by atoms with Crippen LogP contribution in [0.3, 0.4) is 0 Å². The van der Waals surface area contributed by atoms with Gasteiger partial charge in [0.25, 0.3) is 11.8 Å². The molecule has 10 nitrogen and oxygen atoms in total. The van der Waals surface area contributed by atoms with Gasteiger partial charge in [0, 0.05) is 29.3 Å². The smallest absolute Gasteiger partial charge is 0.349 e. The number of thiazole rings is 1. The zero-order valence-corrected chi connectivity index (χ0v) is 18.5. The highest BCUT2D eigenvalue weighted by molar-refractivity contribution is 7.15. The SMILES string of the molecule is COc1cccc2cc(C(=O)N3CCc4nc(NC(=O)c5cc(C)on5)sc4C3)c(=O)oc12. The molecule has 33 heavy (non-hydrogen) atoms. The van der Waals surface area contributed by atoms with E-state index in [4.69, 9.17) is 13.7 Å². The van der Waals surface area contributed by atoms with E-state index in [2.05, 4.69) is 15.5 Å². The summed E-state index contributed by atoms with van der Waals surface area (Å²) in [7, 11) is 1.48. The second-order valence-corrected chi connectivity index (χ2v) is 8.55. The van der Waals surface area contributed by atoms with Crippen LogP contribution in [0.25, 0.3) is 11.0 Å². The van der Waals surface area contributed by atoms with Crippen LogP contribution in [-0.2, 0) is 13.0 Å². The van der Waals surface area contributed by atoms with E-state index in [1.54, 1.807) is 30.0 Å². The van der Waals surface area contributed by atoms with Crippen LogP contribution in [-0.4, -0.2) is 40.5 Å². The van der Waals surface area contributed by atoms with Gasteiger partial charge in [0.15, 0.2) is 22.2 Å². The molecule has 0 saturated heterocycles. The number of benzene rings is 1. The number of hydrogen-bond donors (Lipinski definition) is 1. The van der Waals surface area contributed by atoms with Crippen molar-refractivity contribution in [3.63, 3.8) is 0 Å². The van der Waals surface area contributed by atoms with E-state index in [-0.39, 0.29) is 17.8 Å². The van der Waals surface area contributed by atoms with E-state index in [0.717, 1.165) is 10.6 Å². The molecule has 3 aromatic heterocycles. The lowest BCUT2D eigenvalue weighted by Gasteiger charge is -2.25. The minimum absolute atomic E-state index is 0.0429. The molecule has 0 fully saturated rings. The molecule has 0 bridgehead atoms. The number of nitrogens with one attached hydrogen (secondary N) is 1. The summed E-state index contributed by atoms with van der Waals surface area (Å²) in [6.07, 6.45) is 0.503. The molecule has 5 rings (SSSR count). The van der Waals surface area contributed by atoms with Gasteiger partial charge in [-0.05, 0) is 19.1 Å². The van der Waals surface area contributed by atoms with Crippen LogP contribution in [0.5, 0.6) is 5.75 Å². The van der Waals surface area contributed by atoms with Gasteiger partial charge in [0.2, 0.25) is 0 Å². The van der Waals surface area contributed by atoms with Crippen molar-refractivity contribution in [1.29, 1.82) is 0 Å². The Morgan fingerprint density at radius 3 is 2.88 bits per heavy atom. The minimum atomic E-state index is -0.719. The number of para-hydroxylation sites is 1. The standard InChI is InChI=1S/C22H18N4O6S/c1-11-8-15(25-32-11)19(27)24-22-23-14-6-7-26(10-17(14)33-22)20(28)13-9-12-4-3-5-16(30-2)18(12)31-21(13)29/h3-5,8-9H,6-7,10H2,1-2H3,(H,23,24,27). The van der Waals surface area contributed by atoms with Crippen molar-refractivity contribution in [3.8, 4) is 5.75 Å². The Morgan fingerprint density at radius 1 is 1.27 bits per heavy atom. The maximum Gasteiger partial charge on any atom is 0.349 e. The van der Waals surface area contributed by atoms with E-state index >= 15 is 0 Å². The van der Waals surface area contributed by atoms with Gasteiger partial charge >= 0.3 is 5.63 Å². The third-order valence-corrected chi connectivity index (χ3v) is 6.27. The van der Waals surface area contributed by atoms with E-state index in [0.29, 0.717) is 40.6 Å². The quantitative estimate of drug-likeness (QED) is 0.455. The van der Waals surface area contributed by atoms with Gasteiger partial charge in [-0.3, -0.25) is 14.9 Å². The highest BCUT2D eigenvalue weighted by Crippen LogP contribution is 2.30. The van der Waals surface area contributed by atoms with Gasteiger partial charge in [0.1, 0.15) is 11.3 Å². The minimum Gasteiger partial charge on any atom is -0.493 e. The number of methoxy groups -OCH3 is 1. The highest BCUT2D eigenvalue weighted by atomic mass is 32.1. The Hall–Kier alpha value is -3.99. The number of aryl methyl sites for hydroxylation is 1. The second kappa shape index (κ2) is 8.17. The monoisotopic (exact) mass is 466 g/mol. The van der Waals surface area contributed by atoms with Crippen molar-refractivity contribution in [2.24, 2.45) is 0 Å². The topological polar surface area (TPSA) is 128 Å². The molecule has 1 aliphatic rings. The van der Waals surface area contributed by atoms with Gasteiger partial charge in [0.05, 0.1) is 19.3 Å². The summed E-state index contributed by atoms with van der Waals surface area (Å²) in [5.41, 5.74) is 0.511. The van der Waals surface area contributed by atoms with Gasteiger partial charge < -0.3 is 18.6 Å². The summed E-state index contributed by atoms with van der Waals surface area (Å²) < 4.78 is 15.5. The first-order valence-corrected chi connectivity index (χ1v) is 10.9. The molecule has 0 atom stereocenters. The number of hydrogen-bond acceptors (Lipinski definition) is 9. The molecule has 0 aliphatic carbocycles. The maximum absolute atomic E-state index is 13.1. The number of fused-ring (bicyclic) bond motifs is 2.